The third-order valence-corrected chi connectivity index (χ3v) is 3.60. The van der Waals surface area contributed by atoms with Gasteiger partial charge in [0.25, 0.3) is 0 Å². The highest BCUT2D eigenvalue weighted by Gasteiger charge is 2.08. The highest BCUT2D eigenvalue weighted by Crippen LogP contribution is 2.28. The van der Waals surface area contributed by atoms with Crippen LogP contribution in [0.3, 0.4) is 0 Å². The van der Waals surface area contributed by atoms with Gasteiger partial charge >= 0.3 is 0 Å². The Labute approximate surface area is 101 Å². The van der Waals surface area contributed by atoms with E-state index in [1.165, 1.54) is 4.88 Å². The molecule has 0 unspecified atom stereocenters. The number of hydrogen-bond acceptors (Lipinski definition) is 3. The second-order valence-corrected chi connectivity index (χ2v) is 5.43. The van der Waals surface area contributed by atoms with E-state index >= 15 is 0 Å². The molecular weight excluding hydrogens is 272 g/mol. The number of thiazole rings is 1. The maximum absolute atomic E-state index is 5.58. The first-order chi connectivity index (χ1) is 7.20. The highest BCUT2D eigenvalue weighted by molar-refractivity contribution is 9.10. The van der Waals surface area contributed by atoms with Crippen LogP contribution >= 0.6 is 27.3 Å². The highest BCUT2D eigenvalue weighted by atomic mass is 79.9. The molecule has 1 aromatic heterocycles. The maximum atomic E-state index is 5.58. The molecule has 0 aliphatic heterocycles. The molecule has 2 nitrogen and oxygen atoms in total. The SMILES string of the molecule is Cc1sc(CN)nc1-c1cccc(Br)c1. The van der Waals surface area contributed by atoms with Crippen molar-refractivity contribution >= 4 is 27.3 Å². The van der Waals surface area contributed by atoms with Crippen molar-refractivity contribution in [2.24, 2.45) is 5.73 Å². The molecule has 2 rings (SSSR count). The van der Waals surface area contributed by atoms with E-state index in [1.807, 2.05) is 12.1 Å². The zero-order valence-corrected chi connectivity index (χ0v) is 10.7. The number of nitrogens with two attached hydrogens (primary N) is 1. The lowest BCUT2D eigenvalue weighted by Crippen LogP contribution is -1.94. The molecule has 2 N–H and O–H groups in total. The molecule has 0 saturated heterocycles. The van der Waals surface area contributed by atoms with Gasteiger partial charge in [-0.05, 0) is 19.1 Å². The Balaban J connectivity index is 2.48. The second kappa shape index (κ2) is 4.43. The van der Waals surface area contributed by atoms with Crippen LogP contribution < -0.4 is 5.73 Å². The Hall–Kier alpha value is -0.710. The Morgan fingerprint density at radius 1 is 1.47 bits per heavy atom. The first-order valence-corrected chi connectivity index (χ1v) is 6.24. The molecule has 2 aromatic rings. The molecule has 4 heteroatoms. The average molecular weight is 283 g/mol. The Kier molecular flexibility index (Phi) is 3.19. The van der Waals surface area contributed by atoms with Crippen LogP contribution in [0.1, 0.15) is 9.88 Å². The van der Waals surface area contributed by atoms with E-state index in [-0.39, 0.29) is 0 Å². The lowest BCUT2D eigenvalue weighted by Gasteiger charge is -1.98. The van der Waals surface area contributed by atoms with Crippen molar-refractivity contribution in [2.75, 3.05) is 0 Å². The van der Waals surface area contributed by atoms with Crippen LogP contribution in [0.5, 0.6) is 0 Å². The third kappa shape index (κ3) is 2.27. The molecular formula is C11H11BrN2S. The predicted octanol–water partition coefficient (Wildman–Crippen LogP) is 3.34. The van der Waals surface area contributed by atoms with E-state index in [0.717, 1.165) is 20.7 Å². The van der Waals surface area contributed by atoms with E-state index in [0.29, 0.717) is 6.54 Å². The maximum Gasteiger partial charge on any atom is 0.107 e. The van der Waals surface area contributed by atoms with Crippen LogP contribution in [-0.4, -0.2) is 4.98 Å². The summed E-state index contributed by atoms with van der Waals surface area (Å²) < 4.78 is 1.07. The topological polar surface area (TPSA) is 38.9 Å². The second-order valence-electron chi connectivity index (χ2n) is 3.23. The minimum atomic E-state index is 0.513. The summed E-state index contributed by atoms with van der Waals surface area (Å²) in [7, 11) is 0. The van der Waals surface area contributed by atoms with Crippen molar-refractivity contribution in [3.63, 3.8) is 0 Å². The Bertz CT molecular complexity index is 479. The summed E-state index contributed by atoms with van der Waals surface area (Å²) in [6.07, 6.45) is 0. The summed E-state index contributed by atoms with van der Waals surface area (Å²) in [6, 6.07) is 8.16. The number of nitrogens with zero attached hydrogens (tertiary/aromatic N) is 1. The number of hydrogen-bond donors (Lipinski definition) is 1. The largest absolute Gasteiger partial charge is 0.325 e. The van der Waals surface area contributed by atoms with Crippen molar-refractivity contribution in [3.05, 3.63) is 38.6 Å². The fourth-order valence-electron chi connectivity index (χ4n) is 1.44. The van der Waals surface area contributed by atoms with E-state index in [9.17, 15) is 0 Å². The van der Waals surface area contributed by atoms with Crippen molar-refractivity contribution in [1.82, 2.24) is 4.98 Å². The van der Waals surface area contributed by atoms with Crippen LogP contribution in [0, 0.1) is 6.92 Å². The van der Waals surface area contributed by atoms with Gasteiger partial charge in [0.05, 0.1) is 5.69 Å². The van der Waals surface area contributed by atoms with Gasteiger partial charge in [-0.25, -0.2) is 4.98 Å². The van der Waals surface area contributed by atoms with Crippen LogP contribution in [0.25, 0.3) is 11.3 Å². The summed E-state index contributed by atoms with van der Waals surface area (Å²) in [5.74, 6) is 0. The fraction of sp³-hybridized carbons (Fsp3) is 0.182. The minimum Gasteiger partial charge on any atom is -0.325 e. The van der Waals surface area contributed by atoms with Crippen LogP contribution in [0.15, 0.2) is 28.7 Å². The van der Waals surface area contributed by atoms with Gasteiger partial charge in [-0.3, -0.25) is 0 Å². The summed E-state index contributed by atoms with van der Waals surface area (Å²) in [4.78, 5) is 5.73. The number of rotatable bonds is 2. The molecule has 0 aliphatic carbocycles. The zero-order valence-electron chi connectivity index (χ0n) is 8.33. The van der Waals surface area contributed by atoms with Crippen LogP contribution in [0.4, 0.5) is 0 Å². The lowest BCUT2D eigenvalue weighted by atomic mass is 10.1. The molecule has 0 aliphatic rings. The van der Waals surface area contributed by atoms with Crippen LogP contribution in [-0.2, 0) is 6.54 Å². The van der Waals surface area contributed by atoms with Gasteiger partial charge in [-0.2, -0.15) is 0 Å². The van der Waals surface area contributed by atoms with Gasteiger partial charge in [0.2, 0.25) is 0 Å². The minimum absolute atomic E-state index is 0.513. The molecule has 0 radical (unpaired) electrons. The van der Waals surface area contributed by atoms with Gasteiger partial charge in [0.1, 0.15) is 5.01 Å². The van der Waals surface area contributed by atoms with E-state index in [2.05, 4.69) is 40.0 Å². The molecule has 0 amide bonds. The third-order valence-electron chi connectivity index (χ3n) is 2.11. The van der Waals surface area contributed by atoms with E-state index < -0.39 is 0 Å². The van der Waals surface area contributed by atoms with E-state index in [1.54, 1.807) is 11.3 Å². The Morgan fingerprint density at radius 3 is 2.87 bits per heavy atom. The molecule has 15 heavy (non-hydrogen) atoms. The van der Waals surface area contributed by atoms with Gasteiger partial charge in [0, 0.05) is 21.5 Å². The fourth-order valence-corrected chi connectivity index (χ4v) is 2.68. The van der Waals surface area contributed by atoms with Crippen LogP contribution in [0.2, 0.25) is 0 Å². The molecule has 1 heterocycles. The molecule has 0 fully saturated rings. The van der Waals surface area contributed by atoms with Gasteiger partial charge in [0.15, 0.2) is 0 Å². The summed E-state index contributed by atoms with van der Waals surface area (Å²) in [6.45, 7) is 2.59. The zero-order chi connectivity index (χ0) is 10.8. The number of halogens is 1. The molecule has 0 atom stereocenters. The lowest BCUT2D eigenvalue weighted by molar-refractivity contribution is 1.04. The van der Waals surface area contributed by atoms with Gasteiger partial charge in [-0.15, -0.1) is 11.3 Å². The Morgan fingerprint density at radius 2 is 2.27 bits per heavy atom. The first-order valence-electron chi connectivity index (χ1n) is 4.63. The molecule has 0 spiro atoms. The predicted molar refractivity (Wildman–Crippen MR) is 67.9 cm³/mol. The molecule has 1 aromatic carbocycles. The first kappa shape index (κ1) is 10.8. The number of aryl methyl sites for hydroxylation is 1. The number of aromatic nitrogens is 1. The van der Waals surface area contributed by atoms with Crippen molar-refractivity contribution in [3.8, 4) is 11.3 Å². The van der Waals surface area contributed by atoms with Crippen molar-refractivity contribution < 1.29 is 0 Å². The average Bonchev–Trinajstić information content (AvgIpc) is 2.60. The van der Waals surface area contributed by atoms with E-state index in [4.69, 9.17) is 5.73 Å². The van der Waals surface area contributed by atoms with Gasteiger partial charge < -0.3 is 5.73 Å². The summed E-state index contributed by atoms with van der Waals surface area (Å²) >= 11 is 5.12. The molecule has 78 valence electrons. The molecule has 0 bridgehead atoms. The van der Waals surface area contributed by atoms with Gasteiger partial charge in [-0.1, -0.05) is 28.1 Å². The summed E-state index contributed by atoms with van der Waals surface area (Å²) in [5.41, 5.74) is 7.76. The standard InChI is InChI=1S/C11H11BrN2S/c1-7-11(14-10(6-13)15-7)8-3-2-4-9(12)5-8/h2-5H,6,13H2,1H3. The summed E-state index contributed by atoms with van der Waals surface area (Å²) in [5, 5.41) is 0.988. The normalized spacial score (nSPS) is 10.6. The number of benzene rings is 1. The monoisotopic (exact) mass is 282 g/mol. The quantitative estimate of drug-likeness (QED) is 0.918. The van der Waals surface area contributed by atoms with Crippen molar-refractivity contribution in [1.29, 1.82) is 0 Å². The smallest absolute Gasteiger partial charge is 0.107 e. The van der Waals surface area contributed by atoms with Crippen molar-refractivity contribution in [2.45, 2.75) is 13.5 Å². The molecule has 0 saturated carbocycles.